The Labute approximate surface area is 124 Å². The highest BCUT2D eigenvalue weighted by Crippen LogP contribution is 2.16. The summed E-state index contributed by atoms with van der Waals surface area (Å²) in [6.07, 6.45) is 5.79. The summed E-state index contributed by atoms with van der Waals surface area (Å²) in [6.45, 7) is 5.59. The highest BCUT2D eigenvalue weighted by molar-refractivity contribution is 5.78. The molecule has 1 saturated heterocycles. The average molecular weight is 286 g/mol. The smallest absolute Gasteiger partial charge is 0.223 e. The van der Waals surface area contributed by atoms with Crippen molar-refractivity contribution >= 4 is 11.6 Å². The van der Waals surface area contributed by atoms with E-state index >= 15 is 0 Å². The lowest BCUT2D eigenvalue weighted by Gasteiger charge is -2.26. The molecular weight excluding hydrogens is 264 g/mol. The van der Waals surface area contributed by atoms with Crippen LogP contribution in [0.25, 0.3) is 5.65 Å². The molecule has 0 saturated carbocycles. The molecule has 3 rings (SSSR count). The van der Waals surface area contributed by atoms with E-state index in [4.69, 9.17) is 0 Å². The van der Waals surface area contributed by atoms with E-state index in [1.165, 1.54) is 0 Å². The van der Waals surface area contributed by atoms with Crippen molar-refractivity contribution in [3.05, 3.63) is 35.8 Å². The quantitative estimate of drug-likeness (QED) is 0.902. The van der Waals surface area contributed by atoms with Crippen LogP contribution in [0.5, 0.6) is 0 Å². The van der Waals surface area contributed by atoms with Crippen molar-refractivity contribution in [1.29, 1.82) is 0 Å². The largest absolute Gasteiger partial charge is 0.350 e. The molecule has 0 radical (unpaired) electrons. The number of fused-ring (bicyclic) bond motifs is 1. The normalized spacial score (nSPS) is 22.4. The van der Waals surface area contributed by atoms with E-state index in [0.29, 0.717) is 12.6 Å². The molecule has 2 aromatic rings. The number of pyridine rings is 1. The Kier molecular flexibility index (Phi) is 3.92. The molecule has 0 aromatic carbocycles. The van der Waals surface area contributed by atoms with Crippen LogP contribution in [0.15, 0.2) is 24.5 Å². The van der Waals surface area contributed by atoms with Gasteiger partial charge in [0.15, 0.2) is 0 Å². The van der Waals surface area contributed by atoms with Crippen LogP contribution in [-0.2, 0) is 11.3 Å². The van der Waals surface area contributed by atoms with Crippen molar-refractivity contribution in [3.8, 4) is 0 Å². The molecule has 2 aromatic heterocycles. The number of carbonyl (C=O) groups is 1. The average Bonchev–Trinajstić information content (AvgIpc) is 2.89. The zero-order valence-electron chi connectivity index (χ0n) is 12.6. The number of hydrogen-bond donors (Lipinski definition) is 2. The predicted molar refractivity (Wildman–Crippen MR) is 82.0 cm³/mol. The van der Waals surface area contributed by atoms with Crippen LogP contribution in [0.3, 0.4) is 0 Å². The predicted octanol–water partition coefficient (Wildman–Crippen LogP) is 1.65. The molecule has 21 heavy (non-hydrogen) atoms. The molecule has 0 spiro atoms. The van der Waals surface area contributed by atoms with Gasteiger partial charge < -0.3 is 15.0 Å². The second kappa shape index (κ2) is 5.85. The van der Waals surface area contributed by atoms with Crippen molar-refractivity contribution in [2.45, 2.75) is 39.3 Å². The van der Waals surface area contributed by atoms with Crippen LogP contribution in [0.1, 0.15) is 31.0 Å². The summed E-state index contributed by atoms with van der Waals surface area (Å²) < 4.78 is 2.00. The summed E-state index contributed by atoms with van der Waals surface area (Å²) in [7, 11) is 0. The van der Waals surface area contributed by atoms with E-state index in [1.54, 1.807) is 0 Å². The van der Waals surface area contributed by atoms with Gasteiger partial charge >= 0.3 is 0 Å². The third-order valence-electron chi connectivity index (χ3n) is 4.17. The van der Waals surface area contributed by atoms with Gasteiger partial charge in [-0.2, -0.15) is 0 Å². The van der Waals surface area contributed by atoms with Crippen LogP contribution >= 0.6 is 0 Å². The number of carbonyl (C=O) groups excluding carboxylic acids is 1. The molecule has 0 aliphatic carbocycles. The van der Waals surface area contributed by atoms with E-state index < -0.39 is 0 Å². The second-order valence-electron chi connectivity index (χ2n) is 5.95. The zero-order chi connectivity index (χ0) is 14.8. The fourth-order valence-electron chi connectivity index (χ4n) is 2.98. The van der Waals surface area contributed by atoms with Crippen LogP contribution in [0, 0.1) is 12.8 Å². The third kappa shape index (κ3) is 3.08. The first-order valence-corrected chi connectivity index (χ1v) is 7.58. The van der Waals surface area contributed by atoms with Gasteiger partial charge in [0.05, 0.1) is 12.2 Å². The number of aromatic nitrogens is 2. The highest BCUT2D eigenvalue weighted by Gasteiger charge is 2.24. The first-order valence-electron chi connectivity index (χ1n) is 7.58. The minimum atomic E-state index is 0.125. The van der Waals surface area contributed by atoms with Gasteiger partial charge in [0.2, 0.25) is 5.91 Å². The summed E-state index contributed by atoms with van der Waals surface area (Å²) in [5.74, 6) is 0.275. The zero-order valence-corrected chi connectivity index (χ0v) is 12.6. The van der Waals surface area contributed by atoms with Crippen LogP contribution in [0.2, 0.25) is 0 Å². The van der Waals surface area contributed by atoms with Crippen LogP contribution < -0.4 is 10.6 Å². The topological polar surface area (TPSA) is 58.4 Å². The number of amides is 1. The van der Waals surface area contributed by atoms with Gasteiger partial charge in [-0.3, -0.25) is 4.79 Å². The summed E-state index contributed by atoms with van der Waals surface area (Å²) in [5, 5.41) is 6.40. The van der Waals surface area contributed by atoms with Crippen molar-refractivity contribution in [1.82, 2.24) is 20.0 Å². The molecule has 112 valence electrons. The molecule has 5 heteroatoms. The number of imidazole rings is 1. The summed E-state index contributed by atoms with van der Waals surface area (Å²) in [6, 6.07) is 4.47. The Balaban J connectivity index is 1.63. The monoisotopic (exact) mass is 286 g/mol. The number of piperidine rings is 1. The number of aryl methyl sites for hydroxylation is 1. The molecule has 1 amide bonds. The number of rotatable bonds is 3. The molecule has 0 bridgehead atoms. The Hall–Kier alpha value is -1.88. The number of hydrogen-bond acceptors (Lipinski definition) is 3. The summed E-state index contributed by atoms with van der Waals surface area (Å²) in [4.78, 5) is 16.8. The first-order chi connectivity index (χ1) is 10.1. The van der Waals surface area contributed by atoms with E-state index in [-0.39, 0.29) is 11.8 Å². The van der Waals surface area contributed by atoms with Crippen LogP contribution in [-0.4, -0.2) is 27.9 Å². The fourth-order valence-corrected chi connectivity index (χ4v) is 2.98. The van der Waals surface area contributed by atoms with Gasteiger partial charge in [0.25, 0.3) is 0 Å². The molecule has 5 nitrogen and oxygen atoms in total. The lowest BCUT2D eigenvalue weighted by atomic mass is 9.92. The molecular formula is C16H22N4O. The lowest BCUT2D eigenvalue weighted by molar-refractivity contribution is -0.126. The lowest BCUT2D eigenvalue weighted by Crippen LogP contribution is -2.42. The molecule has 1 aliphatic heterocycles. The SMILES string of the molecule is Cc1cccn2cc(CNC(=O)[C@H]3CCN[C@@H](C)C3)nc12. The van der Waals surface area contributed by atoms with Crippen molar-refractivity contribution in [2.24, 2.45) is 5.92 Å². The molecule has 1 aliphatic rings. The minimum Gasteiger partial charge on any atom is -0.350 e. The van der Waals surface area contributed by atoms with Gasteiger partial charge in [0, 0.05) is 24.4 Å². The van der Waals surface area contributed by atoms with Gasteiger partial charge in [-0.05, 0) is 44.9 Å². The standard InChI is InChI=1S/C16H22N4O/c1-11-4-3-7-20-10-14(19-15(11)20)9-18-16(21)13-5-6-17-12(2)8-13/h3-4,7,10,12-13,17H,5-6,8-9H2,1-2H3,(H,18,21)/t12-,13-/m0/s1. The van der Waals surface area contributed by atoms with Crippen molar-refractivity contribution in [3.63, 3.8) is 0 Å². The van der Waals surface area contributed by atoms with Gasteiger partial charge in [0.1, 0.15) is 5.65 Å². The highest BCUT2D eigenvalue weighted by atomic mass is 16.1. The van der Waals surface area contributed by atoms with Crippen LogP contribution in [0.4, 0.5) is 0 Å². The second-order valence-corrected chi connectivity index (χ2v) is 5.95. The molecule has 3 heterocycles. The van der Waals surface area contributed by atoms with E-state index in [1.807, 2.05) is 35.9 Å². The maximum Gasteiger partial charge on any atom is 0.223 e. The van der Waals surface area contributed by atoms with Gasteiger partial charge in [-0.25, -0.2) is 4.98 Å². The van der Waals surface area contributed by atoms with E-state index in [2.05, 4.69) is 22.5 Å². The van der Waals surface area contributed by atoms with Gasteiger partial charge in [-0.1, -0.05) is 6.07 Å². The first kappa shape index (κ1) is 14.1. The molecule has 2 atom stereocenters. The Morgan fingerprint density at radius 3 is 3.19 bits per heavy atom. The minimum absolute atomic E-state index is 0.125. The number of nitrogens with zero attached hydrogens (tertiary/aromatic N) is 2. The summed E-state index contributed by atoms with van der Waals surface area (Å²) in [5.41, 5.74) is 3.00. The van der Waals surface area contributed by atoms with Crippen molar-refractivity contribution in [2.75, 3.05) is 6.54 Å². The maximum absolute atomic E-state index is 12.2. The van der Waals surface area contributed by atoms with Crippen molar-refractivity contribution < 1.29 is 4.79 Å². The van der Waals surface area contributed by atoms with E-state index in [0.717, 1.165) is 36.3 Å². The fraction of sp³-hybridized carbons (Fsp3) is 0.500. The molecule has 1 fully saturated rings. The maximum atomic E-state index is 12.2. The Morgan fingerprint density at radius 2 is 2.43 bits per heavy atom. The Bertz CT molecular complexity index is 649. The van der Waals surface area contributed by atoms with Gasteiger partial charge in [-0.15, -0.1) is 0 Å². The Morgan fingerprint density at radius 1 is 1.57 bits per heavy atom. The molecule has 0 unspecified atom stereocenters. The van der Waals surface area contributed by atoms with E-state index in [9.17, 15) is 4.79 Å². The molecule has 2 N–H and O–H groups in total. The summed E-state index contributed by atoms with van der Waals surface area (Å²) >= 11 is 0. The number of nitrogens with one attached hydrogen (secondary N) is 2. The third-order valence-corrected chi connectivity index (χ3v) is 4.17.